The Morgan fingerprint density at radius 1 is 1.62 bits per heavy atom. The van der Waals surface area contributed by atoms with E-state index in [1.54, 1.807) is 0 Å². The fraction of sp³-hybridized carbons (Fsp3) is 0.857. The van der Waals surface area contributed by atoms with Crippen molar-refractivity contribution in [3.05, 3.63) is 0 Å². The summed E-state index contributed by atoms with van der Waals surface area (Å²) in [5, 5.41) is 0. The molecule has 0 saturated heterocycles. The van der Waals surface area contributed by atoms with E-state index in [0.717, 1.165) is 12.8 Å². The van der Waals surface area contributed by atoms with Crippen molar-refractivity contribution in [3.63, 3.8) is 0 Å². The summed E-state index contributed by atoms with van der Waals surface area (Å²) in [6.07, 6.45) is 2.21. The van der Waals surface area contributed by atoms with Crippen molar-refractivity contribution >= 4 is 5.78 Å². The maximum atomic E-state index is 9.62. The molecule has 0 saturated carbocycles. The van der Waals surface area contributed by atoms with Gasteiger partial charge < -0.3 is 4.79 Å². The Morgan fingerprint density at radius 3 is 2.12 bits per heavy atom. The summed E-state index contributed by atoms with van der Waals surface area (Å²) in [7, 11) is 0. The first kappa shape index (κ1) is 5.80. The van der Waals surface area contributed by atoms with Gasteiger partial charge >= 0.3 is 0 Å². The zero-order valence-corrected chi connectivity index (χ0v) is 5.74. The summed E-state index contributed by atoms with van der Waals surface area (Å²) >= 11 is 0. The van der Waals surface area contributed by atoms with Crippen molar-refractivity contribution in [3.8, 4) is 0 Å². The van der Waals surface area contributed by atoms with Gasteiger partial charge in [0, 0.05) is 2.74 Å². The first-order chi connectivity index (χ1) is 4.68. The van der Waals surface area contributed by atoms with E-state index in [1.165, 1.54) is 6.92 Å². The van der Waals surface area contributed by atoms with E-state index < -0.39 is 0 Å². The standard InChI is InChI=1S/C4H10.C3H6O/c1-3-4-2;1-3(2)4/h3-4H2,1-2H3;1-2H3/i2*1T. The second kappa shape index (κ2) is 9.83. The van der Waals surface area contributed by atoms with Crippen molar-refractivity contribution in [2.75, 3.05) is 0 Å². The summed E-state index contributed by atoms with van der Waals surface area (Å²) in [6, 6.07) is 0. The molecule has 0 aliphatic heterocycles. The van der Waals surface area contributed by atoms with E-state index in [2.05, 4.69) is 6.92 Å². The summed E-state index contributed by atoms with van der Waals surface area (Å²) in [5.41, 5.74) is 0. The molecular weight excluding hydrogens is 100 g/mol. The molecule has 0 aliphatic carbocycles. The SMILES string of the molecule is [3H]CC(C)=O.[3H]CCCC. The highest BCUT2D eigenvalue weighted by atomic mass is 16.1. The predicted octanol–water partition coefficient (Wildman–Crippen LogP) is 2.40. The summed E-state index contributed by atoms with van der Waals surface area (Å²) < 4.78 is 12.9. The Bertz CT molecular complexity index is 72.0. The lowest BCUT2D eigenvalue weighted by Crippen LogP contribution is -1.69. The Hall–Kier alpha value is -0.330. The van der Waals surface area contributed by atoms with Gasteiger partial charge in [-0.3, -0.25) is 0 Å². The highest BCUT2D eigenvalue weighted by Gasteiger charge is 1.62. The Morgan fingerprint density at radius 2 is 2.12 bits per heavy atom. The molecule has 0 rings (SSSR count). The molecule has 0 aliphatic rings. The third kappa shape index (κ3) is 275. The largest absolute Gasteiger partial charge is 0.300 e. The lowest BCUT2D eigenvalue weighted by molar-refractivity contribution is -0.114. The molecule has 0 aromatic rings. The van der Waals surface area contributed by atoms with Gasteiger partial charge in [0.05, 0.1) is 0 Å². The third-order valence-electron chi connectivity index (χ3n) is 0.354. The summed E-state index contributed by atoms with van der Waals surface area (Å²) in [4.78, 5) is 9.62. The lowest BCUT2D eigenvalue weighted by atomic mass is 10.4. The average Bonchev–Trinajstić information content (AvgIpc) is 1.91. The minimum absolute atomic E-state index is 0.0787. The minimum atomic E-state index is -0.0833. The molecular formula is C7H16O. The quantitative estimate of drug-likeness (QED) is 0.519. The van der Waals surface area contributed by atoms with Crippen molar-refractivity contribution < 1.29 is 7.54 Å². The van der Waals surface area contributed by atoms with Crippen LogP contribution in [0.2, 0.25) is 0 Å². The van der Waals surface area contributed by atoms with E-state index >= 15 is 0 Å². The van der Waals surface area contributed by atoms with Crippen LogP contribution in [0, 0.1) is 0 Å². The molecule has 0 radical (unpaired) electrons. The molecule has 1 nitrogen and oxygen atoms in total. The highest BCUT2D eigenvalue weighted by Crippen LogP contribution is 1.76. The Labute approximate surface area is 54.9 Å². The number of hydrogen-bond donors (Lipinski definition) is 0. The zero-order valence-electron chi connectivity index (χ0n) is 7.74. The number of hydrogen-bond acceptors (Lipinski definition) is 1. The topological polar surface area (TPSA) is 17.1 Å². The van der Waals surface area contributed by atoms with Gasteiger partial charge in [0.25, 0.3) is 0 Å². The maximum absolute atomic E-state index is 9.62. The molecule has 0 heterocycles. The van der Waals surface area contributed by atoms with E-state index in [4.69, 9.17) is 2.74 Å². The van der Waals surface area contributed by atoms with Gasteiger partial charge in [-0.25, -0.2) is 0 Å². The normalized spacial score (nSPS) is 10.2. The number of ketones is 1. The van der Waals surface area contributed by atoms with Gasteiger partial charge in [-0.2, -0.15) is 0 Å². The van der Waals surface area contributed by atoms with Crippen molar-refractivity contribution in [1.82, 2.24) is 0 Å². The van der Waals surface area contributed by atoms with Gasteiger partial charge in [-0.05, 0) is 13.8 Å². The van der Waals surface area contributed by atoms with E-state index in [0.29, 0.717) is 6.90 Å². The molecule has 0 N–H and O–H groups in total. The molecule has 0 aromatic carbocycles. The first-order valence-corrected chi connectivity index (χ1v) is 2.76. The van der Waals surface area contributed by atoms with Crippen LogP contribution >= 0.6 is 0 Å². The van der Waals surface area contributed by atoms with E-state index in [-0.39, 0.29) is 12.7 Å². The van der Waals surface area contributed by atoms with Gasteiger partial charge in [0.15, 0.2) is 0 Å². The van der Waals surface area contributed by atoms with Crippen LogP contribution in [-0.2, 0) is 4.79 Å². The molecule has 0 spiro atoms. The van der Waals surface area contributed by atoms with Crippen molar-refractivity contribution in [1.29, 1.82) is 0 Å². The van der Waals surface area contributed by atoms with E-state index in [9.17, 15) is 4.79 Å². The third-order valence-corrected chi connectivity index (χ3v) is 0.354. The number of Topliss-reactive ketones (excluding diaryl/α,β-unsaturated/α-hetero) is 1. The Balaban J connectivity index is 0. The van der Waals surface area contributed by atoms with Crippen LogP contribution in [0.25, 0.3) is 0 Å². The molecule has 50 valence electrons. The first-order valence-electron chi connectivity index (χ1n) is 4.18. The van der Waals surface area contributed by atoms with Gasteiger partial charge in [-0.15, -0.1) is 0 Å². The summed E-state index contributed by atoms with van der Waals surface area (Å²) in [6.45, 7) is 4.00. The van der Waals surface area contributed by atoms with Crippen LogP contribution in [0.3, 0.4) is 0 Å². The molecule has 0 aromatic heterocycles. The summed E-state index contributed by atoms with van der Waals surface area (Å²) in [5.74, 6) is -0.0787. The highest BCUT2D eigenvalue weighted by molar-refractivity contribution is 5.72. The van der Waals surface area contributed by atoms with Crippen LogP contribution in [0.4, 0.5) is 0 Å². The number of carbonyl (C=O) groups is 1. The molecule has 0 amide bonds. The maximum Gasteiger partial charge on any atom is 0.126 e. The molecule has 0 unspecified atom stereocenters. The van der Waals surface area contributed by atoms with Crippen LogP contribution < -0.4 is 0 Å². The van der Waals surface area contributed by atoms with Crippen LogP contribution in [-0.4, -0.2) is 5.78 Å². The molecule has 8 heavy (non-hydrogen) atoms. The van der Waals surface area contributed by atoms with Gasteiger partial charge in [0.1, 0.15) is 5.78 Å². The zero-order chi connectivity index (χ0) is 8.41. The van der Waals surface area contributed by atoms with E-state index in [1.807, 2.05) is 0 Å². The molecule has 1 heteroatoms. The fourth-order valence-electron chi connectivity index (χ4n) is 0. The fourth-order valence-corrected chi connectivity index (χ4v) is 0. The number of rotatable bonds is 1. The monoisotopic (exact) mass is 120 g/mol. The molecule has 0 bridgehead atoms. The minimum Gasteiger partial charge on any atom is -0.300 e. The van der Waals surface area contributed by atoms with Crippen LogP contribution in [0.1, 0.15) is 43.2 Å². The molecule has 0 atom stereocenters. The van der Waals surface area contributed by atoms with Gasteiger partial charge in [0.2, 0.25) is 0 Å². The predicted molar refractivity (Wildman–Crippen MR) is 36.9 cm³/mol. The number of unbranched alkanes of at least 4 members (excludes halogenated alkanes) is 1. The Kier molecular flexibility index (Phi) is 7.13. The molecule has 0 fully saturated rings. The van der Waals surface area contributed by atoms with Crippen LogP contribution in [0.5, 0.6) is 0 Å². The van der Waals surface area contributed by atoms with Gasteiger partial charge in [-0.1, -0.05) is 26.7 Å². The van der Waals surface area contributed by atoms with Crippen molar-refractivity contribution in [2.45, 2.75) is 40.5 Å². The average molecular weight is 120 g/mol. The second-order valence-electron chi connectivity index (χ2n) is 1.56. The van der Waals surface area contributed by atoms with Crippen molar-refractivity contribution in [2.24, 2.45) is 0 Å². The number of carbonyl (C=O) groups excluding carboxylic acids is 1. The van der Waals surface area contributed by atoms with Crippen LogP contribution in [0.15, 0.2) is 0 Å². The lowest BCUT2D eigenvalue weighted by Gasteiger charge is -1.68. The smallest absolute Gasteiger partial charge is 0.126 e. The second-order valence-corrected chi connectivity index (χ2v) is 1.56.